The van der Waals surface area contributed by atoms with Crippen LogP contribution in [0.15, 0.2) is 18.2 Å². The number of methoxy groups -OCH3 is 1. The summed E-state index contributed by atoms with van der Waals surface area (Å²) < 4.78 is 5.43. The molecule has 4 rings (SSSR count). The first-order chi connectivity index (χ1) is 12.4. The highest BCUT2D eigenvalue weighted by molar-refractivity contribution is 5.38. The molecule has 0 aromatic heterocycles. The van der Waals surface area contributed by atoms with Gasteiger partial charge in [0.05, 0.1) is 13.2 Å². The Morgan fingerprint density at radius 1 is 1.08 bits per heavy atom. The second kappa shape index (κ2) is 6.83. The number of hydrogen-bond donors (Lipinski definition) is 1. The van der Waals surface area contributed by atoms with Crippen LogP contribution in [0.1, 0.15) is 51.2 Å². The van der Waals surface area contributed by atoms with Crippen LogP contribution in [0, 0.1) is 23.7 Å². The van der Waals surface area contributed by atoms with Gasteiger partial charge in [0, 0.05) is 24.5 Å². The third kappa shape index (κ3) is 3.18. The quantitative estimate of drug-likeness (QED) is 0.890. The average molecular weight is 358 g/mol. The van der Waals surface area contributed by atoms with Crippen LogP contribution < -0.4 is 4.74 Å². The van der Waals surface area contributed by atoms with E-state index in [9.17, 15) is 5.11 Å². The first-order valence-electron chi connectivity index (χ1n) is 10.5. The van der Waals surface area contributed by atoms with E-state index >= 15 is 0 Å². The van der Waals surface area contributed by atoms with Gasteiger partial charge in [0.15, 0.2) is 0 Å². The van der Waals surface area contributed by atoms with Crippen molar-refractivity contribution in [3.8, 4) is 5.75 Å². The van der Waals surface area contributed by atoms with Gasteiger partial charge >= 0.3 is 0 Å². The zero-order chi connectivity index (χ0) is 18.5. The predicted molar refractivity (Wildman–Crippen MR) is 106 cm³/mol. The van der Waals surface area contributed by atoms with Crippen molar-refractivity contribution in [2.45, 2.75) is 64.5 Å². The van der Waals surface area contributed by atoms with Gasteiger partial charge in [0.1, 0.15) is 5.75 Å². The van der Waals surface area contributed by atoms with Gasteiger partial charge in [-0.2, -0.15) is 0 Å². The van der Waals surface area contributed by atoms with Crippen molar-refractivity contribution in [3.05, 3.63) is 29.3 Å². The highest BCUT2D eigenvalue weighted by Gasteiger charge is 2.47. The standard InChI is InChI=1S/C23H35NO2/c1-15-5-8-21(22(25)9-15)23(2,3)24-13-18-10-16-6-7-20(26-4)12-17(16)11-19(18)14-24/h6-7,12,15,18-19,21-22,25H,5,8-11,13-14H2,1-4H3/t15-,18+,19+,21-,22-/m1/s1. The number of nitrogens with zero attached hydrogens (tertiary/aromatic N) is 1. The minimum atomic E-state index is -0.141. The lowest BCUT2D eigenvalue weighted by Crippen LogP contribution is -2.53. The summed E-state index contributed by atoms with van der Waals surface area (Å²) in [5.41, 5.74) is 3.08. The lowest BCUT2D eigenvalue weighted by Gasteiger charge is -2.47. The molecule has 0 bridgehead atoms. The van der Waals surface area contributed by atoms with Crippen molar-refractivity contribution < 1.29 is 9.84 Å². The number of benzene rings is 1. The van der Waals surface area contributed by atoms with E-state index in [0.717, 1.165) is 24.0 Å². The molecule has 144 valence electrons. The third-order valence-corrected chi connectivity index (χ3v) is 7.76. The third-order valence-electron chi connectivity index (χ3n) is 7.76. The monoisotopic (exact) mass is 357 g/mol. The second-order valence-corrected chi connectivity index (χ2v) is 9.71. The largest absolute Gasteiger partial charge is 0.497 e. The van der Waals surface area contributed by atoms with E-state index in [0.29, 0.717) is 11.8 Å². The molecule has 3 heteroatoms. The van der Waals surface area contributed by atoms with Crippen molar-refractivity contribution >= 4 is 0 Å². The molecule has 0 unspecified atom stereocenters. The first kappa shape index (κ1) is 18.3. The maximum Gasteiger partial charge on any atom is 0.119 e. The number of aliphatic hydroxyl groups excluding tert-OH is 1. The Labute approximate surface area is 158 Å². The van der Waals surface area contributed by atoms with Gasteiger partial charge in [0.2, 0.25) is 0 Å². The molecule has 0 spiro atoms. The number of fused-ring (bicyclic) bond motifs is 2. The van der Waals surface area contributed by atoms with Crippen LogP contribution in [0.5, 0.6) is 5.75 Å². The Hall–Kier alpha value is -1.06. The minimum absolute atomic E-state index is 0.0841. The van der Waals surface area contributed by atoms with Crippen LogP contribution in [0.2, 0.25) is 0 Å². The number of ether oxygens (including phenoxy) is 1. The fourth-order valence-electron chi connectivity index (χ4n) is 5.96. The van der Waals surface area contributed by atoms with E-state index in [1.165, 1.54) is 49.9 Å². The smallest absolute Gasteiger partial charge is 0.119 e. The molecule has 1 heterocycles. The van der Waals surface area contributed by atoms with Gasteiger partial charge in [0.25, 0.3) is 0 Å². The lowest BCUT2D eigenvalue weighted by atomic mass is 9.71. The summed E-state index contributed by atoms with van der Waals surface area (Å²) in [6.07, 6.45) is 5.63. The van der Waals surface area contributed by atoms with Crippen LogP contribution >= 0.6 is 0 Å². The minimum Gasteiger partial charge on any atom is -0.497 e. The van der Waals surface area contributed by atoms with E-state index < -0.39 is 0 Å². The van der Waals surface area contributed by atoms with Crippen LogP contribution in [0.3, 0.4) is 0 Å². The fraction of sp³-hybridized carbons (Fsp3) is 0.739. The van der Waals surface area contributed by atoms with E-state index in [1.807, 2.05) is 0 Å². The maximum atomic E-state index is 10.8. The van der Waals surface area contributed by atoms with Gasteiger partial charge < -0.3 is 9.84 Å². The second-order valence-electron chi connectivity index (χ2n) is 9.71. The highest BCUT2D eigenvalue weighted by atomic mass is 16.5. The Balaban J connectivity index is 1.48. The zero-order valence-corrected chi connectivity index (χ0v) is 16.9. The van der Waals surface area contributed by atoms with Gasteiger partial charge in [-0.05, 0) is 80.5 Å². The topological polar surface area (TPSA) is 32.7 Å². The molecule has 3 aliphatic rings. The van der Waals surface area contributed by atoms with Crippen molar-refractivity contribution in [2.75, 3.05) is 20.2 Å². The van der Waals surface area contributed by atoms with Gasteiger partial charge in [-0.3, -0.25) is 4.90 Å². The van der Waals surface area contributed by atoms with Crippen molar-refractivity contribution in [2.24, 2.45) is 23.7 Å². The summed E-state index contributed by atoms with van der Waals surface area (Å²) in [7, 11) is 1.75. The molecule has 1 aliphatic heterocycles. The number of rotatable bonds is 3. The van der Waals surface area contributed by atoms with Gasteiger partial charge in [-0.15, -0.1) is 0 Å². The van der Waals surface area contributed by atoms with E-state index in [-0.39, 0.29) is 11.6 Å². The van der Waals surface area contributed by atoms with Crippen LogP contribution in [-0.2, 0) is 12.8 Å². The van der Waals surface area contributed by atoms with E-state index in [1.54, 1.807) is 7.11 Å². The SMILES string of the molecule is COc1ccc2c(c1)C[C@H]1CN(C(C)(C)[C@@H]3CC[C@@H](C)C[C@H]3O)C[C@@H]1C2. The van der Waals surface area contributed by atoms with Crippen LogP contribution in [-0.4, -0.2) is 41.8 Å². The molecule has 1 N–H and O–H groups in total. The lowest BCUT2D eigenvalue weighted by molar-refractivity contribution is -0.0384. The number of aliphatic hydroxyl groups is 1. The number of likely N-dealkylation sites (tertiary alicyclic amines) is 1. The van der Waals surface area contributed by atoms with Gasteiger partial charge in [-0.25, -0.2) is 0 Å². The summed E-state index contributed by atoms with van der Waals surface area (Å²) >= 11 is 0. The summed E-state index contributed by atoms with van der Waals surface area (Å²) in [5, 5.41) is 10.8. The highest BCUT2D eigenvalue weighted by Crippen LogP contribution is 2.44. The summed E-state index contributed by atoms with van der Waals surface area (Å²) in [5.74, 6) is 3.56. The molecule has 3 nitrogen and oxygen atoms in total. The predicted octanol–water partition coefficient (Wildman–Crippen LogP) is 3.92. The molecule has 0 radical (unpaired) electrons. The summed E-state index contributed by atoms with van der Waals surface area (Å²) in [6, 6.07) is 6.62. The Morgan fingerprint density at radius 2 is 1.77 bits per heavy atom. The summed E-state index contributed by atoms with van der Waals surface area (Å²) in [6.45, 7) is 9.39. The normalized spacial score (nSPS) is 35.0. The zero-order valence-electron chi connectivity index (χ0n) is 16.9. The van der Waals surface area contributed by atoms with Crippen LogP contribution in [0.25, 0.3) is 0 Å². The number of hydrogen-bond acceptors (Lipinski definition) is 3. The molecule has 5 atom stereocenters. The average Bonchev–Trinajstić information content (AvgIpc) is 3.02. The first-order valence-corrected chi connectivity index (χ1v) is 10.5. The van der Waals surface area contributed by atoms with E-state index in [2.05, 4.69) is 43.9 Å². The van der Waals surface area contributed by atoms with Crippen molar-refractivity contribution in [3.63, 3.8) is 0 Å². The molecular formula is C23H35NO2. The molecule has 0 amide bonds. The molecule has 1 aromatic rings. The molecule has 1 saturated carbocycles. The molecular weight excluding hydrogens is 322 g/mol. The molecule has 1 aromatic carbocycles. The van der Waals surface area contributed by atoms with Crippen molar-refractivity contribution in [1.82, 2.24) is 4.90 Å². The van der Waals surface area contributed by atoms with E-state index in [4.69, 9.17) is 4.74 Å². The molecule has 1 saturated heterocycles. The molecule has 2 fully saturated rings. The van der Waals surface area contributed by atoms with Crippen LogP contribution in [0.4, 0.5) is 0 Å². The Morgan fingerprint density at radius 3 is 2.42 bits per heavy atom. The van der Waals surface area contributed by atoms with Gasteiger partial charge in [-0.1, -0.05) is 19.4 Å². The Kier molecular flexibility index (Phi) is 4.81. The summed E-state index contributed by atoms with van der Waals surface area (Å²) in [4.78, 5) is 2.70. The van der Waals surface area contributed by atoms with Crippen molar-refractivity contribution in [1.29, 1.82) is 0 Å². The fourth-order valence-corrected chi connectivity index (χ4v) is 5.96. The maximum absolute atomic E-state index is 10.8. The molecule has 2 aliphatic carbocycles. The Bertz CT molecular complexity index is 656. The molecule has 26 heavy (non-hydrogen) atoms.